The van der Waals surface area contributed by atoms with Gasteiger partial charge in [0.15, 0.2) is 11.6 Å². The highest BCUT2D eigenvalue weighted by Crippen LogP contribution is 2.28. The van der Waals surface area contributed by atoms with Gasteiger partial charge in [-0.2, -0.15) is 0 Å². The van der Waals surface area contributed by atoms with Crippen LogP contribution in [0, 0.1) is 0 Å². The van der Waals surface area contributed by atoms with E-state index < -0.39 is 0 Å². The monoisotopic (exact) mass is 376 g/mol. The largest absolute Gasteiger partial charge is 0.508 e. The highest BCUT2D eigenvalue weighted by Gasteiger charge is 2.19. The molecule has 0 saturated carbocycles. The summed E-state index contributed by atoms with van der Waals surface area (Å²) in [6.07, 6.45) is 2.49. The SMILES string of the molecule is CC(C)(C)c1ccc(-c2nc(CN3CCCC3)nn2-c2cccc(O)c2)cc1. The molecule has 0 amide bonds. The number of phenols is 1. The van der Waals surface area contributed by atoms with E-state index >= 15 is 0 Å². The molecule has 0 atom stereocenters. The van der Waals surface area contributed by atoms with E-state index in [1.807, 2.05) is 16.8 Å². The Balaban J connectivity index is 1.74. The standard InChI is InChI=1S/C23H28N4O/c1-23(2,3)18-11-9-17(10-12-18)22-24-21(16-26-13-4-5-14-26)25-27(22)19-7-6-8-20(28)15-19/h6-12,15,28H,4-5,13-14,16H2,1-3H3. The molecule has 4 rings (SSSR count). The van der Waals surface area contributed by atoms with Crippen LogP contribution in [-0.4, -0.2) is 37.9 Å². The topological polar surface area (TPSA) is 54.2 Å². The summed E-state index contributed by atoms with van der Waals surface area (Å²) in [5.74, 6) is 1.85. The molecule has 2 heterocycles. The van der Waals surface area contributed by atoms with E-state index in [0.717, 1.165) is 42.5 Å². The van der Waals surface area contributed by atoms with Crippen molar-refractivity contribution in [2.45, 2.75) is 45.6 Å². The molecule has 0 radical (unpaired) electrons. The Kier molecular flexibility index (Phi) is 4.94. The van der Waals surface area contributed by atoms with Crippen LogP contribution in [-0.2, 0) is 12.0 Å². The molecule has 1 N–H and O–H groups in total. The van der Waals surface area contributed by atoms with Crippen LogP contribution in [0.15, 0.2) is 48.5 Å². The molecule has 1 aliphatic rings. The number of hydrogen-bond acceptors (Lipinski definition) is 4. The van der Waals surface area contributed by atoms with Gasteiger partial charge in [0, 0.05) is 11.6 Å². The summed E-state index contributed by atoms with van der Waals surface area (Å²) in [7, 11) is 0. The molecule has 1 fully saturated rings. The summed E-state index contributed by atoms with van der Waals surface area (Å²) in [5.41, 5.74) is 3.24. The van der Waals surface area contributed by atoms with Gasteiger partial charge in [-0.05, 0) is 49.0 Å². The summed E-state index contributed by atoms with van der Waals surface area (Å²) in [4.78, 5) is 7.27. The Morgan fingerprint density at radius 3 is 2.36 bits per heavy atom. The van der Waals surface area contributed by atoms with Gasteiger partial charge in [0.05, 0.1) is 12.2 Å². The van der Waals surface area contributed by atoms with Gasteiger partial charge in [0.1, 0.15) is 5.75 Å². The lowest BCUT2D eigenvalue weighted by atomic mass is 9.87. The van der Waals surface area contributed by atoms with Crippen LogP contribution in [0.3, 0.4) is 0 Å². The first-order valence-electron chi connectivity index (χ1n) is 9.99. The second-order valence-electron chi connectivity index (χ2n) is 8.59. The van der Waals surface area contributed by atoms with Crippen LogP contribution in [0.4, 0.5) is 0 Å². The third-order valence-corrected chi connectivity index (χ3v) is 5.30. The minimum atomic E-state index is 0.109. The molecule has 1 aromatic heterocycles. The number of phenolic OH excluding ortho intramolecular Hbond substituents is 1. The molecule has 1 aliphatic heterocycles. The number of aromatic hydroxyl groups is 1. The van der Waals surface area contributed by atoms with Crippen LogP contribution in [0.1, 0.15) is 45.0 Å². The van der Waals surface area contributed by atoms with E-state index in [1.165, 1.54) is 18.4 Å². The summed E-state index contributed by atoms with van der Waals surface area (Å²) >= 11 is 0. The normalized spacial score (nSPS) is 15.2. The summed E-state index contributed by atoms with van der Waals surface area (Å²) < 4.78 is 1.84. The Morgan fingerprint density at radius 2 is 1.71 bits per heavy atom. The highest BCUT2D eigenvalue weighted by atomic mass is 16.3. The Labute approximate surface area is 166 Å². The van der Waals surface area contributed by atoms with Crippen molar-refractivity contribution in [1.29, 1.82) is 0 Å². The molecule has 0 spiro atoms. The van der Waals surface area contributed by atoms with Gasteiger partial charge in [-0.25, -0.2) is 9.67 Å². The molecule has 3 aromatic rings. The lowest BCUT2D eigenvalue weighted by Crippen LogP contribution is -2.19. The van der Waals surface area contributed by atoms with Gasteiger partial charge in [0.2, 0.25) is 0 Å². The minimum Gasteiger partial charge on any atom is -0.508 e. The highest BCUT2D eigenvalue weighted by molar-refractivity contribution is 5.59. The van der Waals surface area contributed by atoms with E-state index in [1.54, 1.807) is 12.1 Å². The first-order valence-corrected chi connectivity index (χ1v) is 9.99. The summed E-state index contributed by atoms with van der Waals surface area (Å²) in [6.45, 7) is 9.62. The number of likely N-dealkylation sites (tertiary alicyclic amines) is 1. The fourth-order valence-electron chi connectivity index (χ4n) is 3.67. The number of benzene rings is 2. The van der Waals surface area contributed by atoms with Gasteiger partial charge < -0.3 is 5.11 Å². The van der Waals surface area contributed by atoms with Crippen LogP contribution in [0.5, 0.6) is 5.75 Å². The fraction of sp³-hybridized carbons (Fsp3) is 0.391. The summed E-state index contributed by atoms with van der Waals surface area (Å²) in [6, 6.07) is 15.7. The van der Waals surface area contributed by atoms with Crippen LogP contribution >= 0.6 is 0 Å². The van der Waals surface area contributed by atoms with Gasteiger partial charge in [-0.3, -0.25) is 4.90 Å². The predicted molar refractivity (Wildman–Crippen MR) is 112 cm³/mol. The van der Waals surface area contributed by atoms with Gasteiger partial charge in [-0.15, -0.1) is 5.10 Å². The summed E-state index contributed by atoms with van der Waals surface area (Å²) in [5, 5.41) is 14.7. The first-order chi connectivity index (χ1) is 13.4. The maximum absolute atomic E-state index is 9.93. The van der Waals surface area contributed by atoms with Gasteiger partial charge in [-0.1, -0.05) is 51.1 Å². The van der Waals surface area contributed by atoms with Crippen molar-refractivity contribution >= 4 is 0 Å². The van der Waals surface area contributed by atoms with Crippen molar-refractivity contribution in [3.05, 3.63) is 59.9 Å². The Hall–Kier alpha value is -2.66. The van der Waals surface area contributed by atoms with E-state index in [4.69, 9.17) is 10.1 Å². The lowest BCUT2D eigenvalue weighted by Gasteiger charge is -2.19. The zero-order valence-corrected chi connectivity index (χ0v) is 16.9. The van der Waals surface area contributed by atoms with Crippen LogP contribution in [0.25, 0.3) is 17.1 Å². The molecule has 146 valence electrons. The van der Waals surface area contributed by atoms with E-state index in [-0.39, 0.29) is 11.2 Å². The van der Waals surface area contributed by atoms with Gasteiger partial charge >= 0.3 is 0 Å². The lowest BCUT2D eigenvalue weighted by molar-refractivity contribution is 0.322. The zero-order chi connectivity index (χ0) is 19.7. The molecule has 28 heavy (non-hydrogen) atoms. The number of hydrogen-bond donors (Lipinski definition) is 1. The quantitative estimate of drug-likeness (QED) is 0.727. The van der Waals surface area contributed by atoms with Crippen molar-refractivity contribution in [1.82, 2.24) is 19.7 Å². The molecule has 0 bridgehead atoms. The third kappa shape index (κ3) is 3.94. The van der Waals surface area contributed by atoms with Crippen molar-refractivity contribution in [2.75, 3.05) is 13.1 Å². The Bertz CT molecular complexity index is 947. The van der Waals surface area contributed by atoms with E-state index in [9.17, 15) is 5.11 Å². The Morgan fingerprint density at radius 1 is 1.00 bits per heavy atom. The maximum Gasteiger partial charge on any atom is 0.165 e. The average Bonchev–Trinajstić information content (AvgIpc) is 3.31. The second-order valence-corrected chi connectivity index (χ2v) is 8.59. The molecular formula is C23H28N4O. The predicted octanol–water partition coefficient (Wildman–Crippen LogP) is 4.53. The van der Waals surface area contributed by atoms with Gasteiger partial charge in [0.25, 0.3) is 0 Å². The third-order valence-electron chi connectivity index (χ3n) is 5.30. The molecule has 0 aliphatic carbocycles. The molecule has 2 aromatic carbocycles. The maximum atomic E-state index is 9.93. The molecule has 0 unspecified atom stereocenters. The number of nitrogens with zero attached hydrogens (tertiary/aromatic N) is 4. The fourth-order valence-corrected chi connectivity index (χ4v) is 3.67. The van der Waals surface area contributed by atoms with E-state index in [0.29, 0.717) is 0 Å². The zero-order valence-electron chi connectivity index (χ0n) is 16.9. The molecular weight excluding hydrogens is 348 g/mol. The average molecular weight is 377 g/mol. The second kappa shape index (κ2) is 7.40. The first kappa shape index (κ1) is 18.7. The van der Waals surface area contributed by atoms with Crippen LogP contribution < -0.4 is 0 Å². The molecule has 5 nitrogen and oxygen atoms in total. The van der Waals surface area contributed by atoms with Crippen molar-refractivity contribution in [3.63, 3.8) is 0 Å². The number of rotatable bonds is 4. The number of aromatic nitrogens is 3. The van der Waals surface area contributed by atoms with Crippen molar-refractivity contribution in [2.24, 2.45) is 0 Å². The molecule has 1 saturated heterocycles. The van der Waals surface area contributed by atoms with Crippen molar-refractivity contribution < 1.29 is 5.11 Å². The smallest absolute Gasteiger partial charge is 0.165 e. The van der Waals surface area contributed by atoms with Crippen LogP contribution in [0.2, 0.25) is 0 Å². The van der Waals surface area contributed by atoms with Crippen molar-refractivity contribution in [3.8, 4) is 22.8 Å². The minimum absolute atomic E-state index is 0.109. The molecule has 5 heteroatoms. The van der Waals surface area contributed by atoms with E-state index in [2.05, 4.69) is 49.9 Å².